The smallest absolute Gasteiger partial charge is 0.196 e. The fraction of sp³-hybridized carbons (Fsp3) is 0.269. The quantitative estimate of drug-likeness (QED) is 0.309. The Labute approximate surface area is 211 Å². The van der Waals surface area contributed by atoms with Crippen molar-refractivity contribution in [3.8, 4) is 0 Å². The second-order valence-electron chi connectivity index (χ2n) is 8.69. The minimum Gasteiger partial charge on any atom is -0.394 e. The Balaban J connectivity index is 1.38. The lowest BCUT2D eigenvalue weighted by Gasteiger charge is -2.29. The van der Waals surface area contributed by atoms with Crippen LogP contribution in [-0.2, 0) is 11.2 Å². The van der Waals surface area contributed by atoms with Crippen LogP contribution in [0.25, 0.3) is 11.0 Å². The Hall–Kier alpha value is -3.66. The van der Waals surface area contributed by atoms with Crippen LogP contribution in [-0.4, -0.2) is 62.0 Å². The van der Waals surface area contributed by atoms with E-state index in [-0.39, 0.29) is 41.8 Å². The van der Waals surface area contributed by atoms with Gasteiger partial charge in [-0.25, -0.2) is 9.97 Å². The third-order valence-corrected chi connectivity index (χ3v) is 6.57. The summed E-state index contributed by atoms with van der Waals surface area (Å²) in [5.74, 6) is 0.157. The van der Waals surface area contributed by atoms with Crippen molar-refractivity contribution in [3.63, 3.8) is 0 Å². The Kier molecular flexibility index (Phi) is 7.04. The molecular weight excluding hydrogens is 482 g/mol. The number of Topliss-reactive ketones (excluding diaryl/α,β-unsaturated/α-hetero) is 1. The maximum absolute atomic E-state index is 13.5. The molecule has 0 unspecified atom stereocenters. The molecule has 3 aromatic heterocycles. The number of nitrogens with zero attached hydrogens (tertiary/aromatic N) is 3. The summed E-state index contributed by atoms with van der Waals surface area (Å²) < 4.78 is 5.66. The number of aliphatic hydroxyl groups excluding tert-OH is 1. The van der Waals surface area contributed by atoms with E-state index >= 15 is 0 Å². The molecule has 0 amide bonds. The molecule has 4 aromatic rings. The number of rotatable bonds is 8. The monoisotopic (exact) mass is 505 g/mol. The van der Waals surface area contributed by atoms with Gasteiger partial charge in [0.1, 0.15) is 17.8 Å². The zero-order valence-corrected chi connectivity index (χ0v) is 20.0. The molecule has 1 aliphatic heterocycles. The highest BCUT2D eigenvalue weighted by Gasteiger charge is 2.25. The largest absolute Gasteiger partial charge is 0.394 e. The van der Waals surface area contributed by atoms with E-state index in [1.807, 2.05) is 0 Å². The fourth-order valence-corrected chi connectivity index (χ4v) is 4.61. The SMILES string of the molecule is O=C(Cc1ccc(C(=O)c2c[nH]c3ncnc(N[C@H]4CC[C@H](CO)OC4)c23)c(Cl)c1)c1cccnc1. The lowest BCUT2D eigenvalue weighted by atomic mass is 9.99. The number of halogens is 1. The van der Waals surface area contributed by atoms with Crippen molar-refractivity contribution in [1.29, 1.82) is 0 Å². The number of aromatic amines is 1. The lowest BCUT2D eigenvalue weighted by molar-refractivity contribution is -0.0224. The van der Waals surface area contributed by atoms with Gasteiger partial charge in [0.05, 0.1) is 41.3 Å². The number of pyridine rings is 1. The highest BCUT2D eigenvalue weighted by molar-refractivity contribution is 6.35. The highest BCUT2D eigenvalue weighted by atomic mass is 35.5. The molecule has 10 heteroatoms. The number of benzene rings is 1. The average molecular weight is 506 g/mol. The molecule has 2 atom stereocenters. The van der Waals surface area contributed by atoms with Crippen molar-refractivity contribution in [3.05, 3.63) is 82.5 Å². The van der Waals surface area contributed by atoms with Gasteiger partial charge in [0.15, 0.2) is 11.6 Å². The van der Waals surface area contributed by atoms with Gasteiger partial charge in [-0.1, -0.05) is 17.7 Å². The van der Waals surface area contributed by atoms with Crippen LogP contribution in [0.15, 0.2) is 55.2 Å². The number of anilines is 1. The number of carbonyl (C=O) groups excluding carboxylic acids is 2. The Morgan fingerprint density at radius 3 is 2.81 bits per heavy atom. The second-order valence-corrected chi connectivity index (χ2v) is 9.10. The van der Waals surface area contributed by atoms with Gasteiger partial charge in [0.2, 0.25) is 0 Å². The third-order valence-electron chi connectivity index (χ3n) is 6.26. The summed E-state index contributed by atoms with van der Waals surface area (Å²) in [7, 11) is 0. The van der Waals surface area contributed by atoms with Crippen molar-refractivity contribution >= 4 is 40.0 Å². The Morgan fingerprint density at radius 2 is 2.08 bits per heavy atom. The van der Waals surface area contributed by atoms with Crippen molar-refractivity contribution < 1.29 is 19.4 Å². The van der Waals surface area contributed by atoms with Crippen LogP contribution in [0.4, 0.5) is 5.82 Å². The molecule has 4 heterocycles. The van der Waals surface area contributed by atoms with Gasteiger partial charge >= 0.3 is 0 Å². The fourth-order valence-electron chi connectivity index (χ4n) is 4.32. The summed E-state index contributed by atoms with van der Waals surface area (Å²) >= 11 is 6.51. The standard InChI is InChI=1S/C26H24ClN5O4/c27-21-8-15(9-22(34)16-2-1-7-28-10-16)3-6-19(21)24(35)20-11-29-25-23(20)26(31-14-30-25)32-17-4-5-18(12-33)36-13-17/h1-3,6-8,10-11,14,17-18,33H,4-5,9,12-13H2,(H2,29,30,31,32)/t17-,18+/m0/s1. The molecule has 0 aliphatic carbocycles. The maximum Gasteiger partial charge on any atom is 0.196 e. The van der Waals surface area contributed by atoms with Gasteiger partial charge in [-0.15, -0.1) is 0 Å². The lowest BCUT2D eigenvalue weighted by Crippen LogP contribution is -2.36. The number of ketones is 2. The first-order chi connectivity index (χ1) is 17.5. The molecule has 1 fully saturated rings. The number of H-pyrrole nitrogens is 1. The molecule has 1 aromatic carbocycles. The predicted octanol–water partition coefficient (Wildman–Crippen LogP) is 3.61. The van der Waals surface area contributed by atoms with Gasteiger partial charge in [0, 0.05) is 36.1 Å². The summed E-state index contributed by atoms with van der Waals surface area (Å²) in [6.45, 7) is 0.424. The van der Waals surface area contributed by atoms with E-state index in [9.17, 15) is 14.7 Å². The van der Waals surface area contributed by atoms with Gasteiger partial charge in [-0.05, 0) is 42.7 Å². The molecule has 1 aliphatic rings. The van der Waals surface area contributed by atoms with Crippen LogP contribution < -0.4 is 5.32 Å². The Bertz CT molecular complexity index is 1400. The third kappa shape index (κ3) is 4.99. The first-order valence-corrected chi connectivity index (χ1v) is 12.0. The molecule has 36 heavy (non-hydrogen) atoms. The van der Waals surface area contributed by atoms with Crippen LogP contribution in [0, 0.1) is 0 Å². The highest BCUT2D eigenvalue weighted by Crippen LogP contribution is 2.30. The summed E-state index contributed by atoms with van der Waals surface area (Å²) in [6, 6.07) is 8.42. The first kappa shape index (κ1) is 24.1. The first-order valence-electron chi connectivity index (χ1n) is 11.6. The summed E-state index contributed by atoms with van der Waals surface area (Å²) in [4.78, 5) is 41.7. The van der Waals surface area contributed by atoms with Gasteiger partial charge < -0.3 is 20.1 Å². The number of aliphatic hydroxyl groups is 1. The molecule has 184 valence electrons. The van der Waals surface area contributed by atoms with E-state index in [2.05, 4.69) is 25.3 Å². The second kappa shape index (κ2) is 10.5. The number of nitrogens with one attached hydrogen (secondary N) is 2. The van der Waals surface area contributed by atoms with E-state index in [1.54, 1.807) is 42.7 Å². The van der Waals surface area contributed by atoms with Gasteiger partial charge in [-0.2, -0.15) is 0 Å². The number of carbonyl (C=O) groups is 2. The van der Waals surface area contributed by atoms with E-state index in [1.165, 1.54) is 12.5 Å². The molecule has 0 radical (unpaired) electrons. The van der Waals surface area contributed by atoms with Crippen LogP contribution in [0.2, 0.25) is 5.02 Å². The average Bonchev–Trinajstić information content (AvgIpc) is 3.35. The van der Waals surface area contributed by atoms with Crippen LogP contribution in [0.5, 0.6) is 0 Å². The van der Waals surface area contributed by atoms with E-state index in [0.29, 0.717) is 45.7 Å². The summed E-state index contributed by atoms with van der Waals surface area (Å²) in [5.41, 5.74) is 2.45. The van der Waals surface area contributed by atoms with Crippen molar-refractivity contribution in [2.24, 2.45) is 0 Å². The molecular formula is C26H24ClN5O4. The van der Waals surface area contributed by atoms with Crippen molar-refractivity contribution in [1.82, 2.24) is 19.9 Å². The maximum atomic E-state index is 13.5. The van der Waals surface area contributed by atoms with Crippen LogP contribution >= 0.6 is 11.6 Å². The summed E-state index contributed by atoms with van der Waals surface area (Å²) in [5, 5.41) is 13.5. The van der Waals surface area contributed by atoms with E-state index in [4.69, 9.17) is 16.3 Å². The zero-order chi connectivity index (χ0) is 25.1. The topological polar surface area (TPSA) is 130 Å². The van der Waals surface area contributed by atoms with E-state index in [0.717, 1.165) is 12.8 Å². The molecule has 0 spiro atoms. The zero-order valence-electron chi connectivity index (χ0n) is 19.3. The van der Waals surface area contributed by atoms with Crippen molar-refractivity contribution in [2.45, 2.75) is 31.4 Å². The summed E-state index contributed by atoms with van der Waals surface area (Å²) in [6.07, 6.45) is 7.69. The minimum absolute atomic E-state index is 0.00188. The van der Waals surface area contributed by atoms with E-state index < -0.39 is 0 Å². The predicted molar refractivity (Wildman–Crippen MR) is 135 cm³/mol. The number of aromatic nitrogens is 4. The minimum atomic E-state index is -0.283. The number of hydrogen-bond donors (Lipinski definition) is 3. The molecule has 1 saturated heterocycles. The molecule has 0 bridgehead atoms. The molecule has 5 rings (SSSR count). The number of hydrogen-bond acceptors (Lipinski definition) is 8. The normalized spacial score (nSPS) is 17.7. The number of ether oxygens (including phenoxy) is 1. The van der Waals surface area contributed by atoms with Crippen LogP contribution in [0.3, 0.4) is 0 Å². The Morgan fingerprint density at radius 1 is 1.19 bits per heavy atom. The van der Waals surface area contributed by atoms with Crippen LogP contribution in [0.1, 0.15) is 44.7 Å². The molecule has 3 N–H and O–H groups in total. The molecule has 9 nitrogen and oxygen atoms in total. The molecule has 0 saturated carbocycles. The van der Waals surface area contributed by atoms with Gasteiger partial charge in [0.25, 0.3) is 0 Å². The van der Waals surface area contributed by atoms with Crippen molar-refractivity contribution in [2.75, 3.05) is 18.5 Å². The van der Waals surface area contributed by atoms with Gasteiger partial charge in [-0.3, -0.25) is 14.6 Å². The number of fused-ring (bicyclic) bond motifs is 1.